The lowest BCUT2D eigenvalue weighted by Gasteiger charge is -2.06. The zero-order chi connectivity index (χ0) is 25.7. The van der Waals surface area contributed by atoms with E-state index in [9.17, 15) is 19.2 Å². The topological polar surface area (TPSA) is 162 Å². The zero-order valence-electron chi connectivity index (χ0n) is 20.1. The van der Waals surface area contributed by atoms with Crippen molar-refractivity contribution in [3.8, 4) is 0 Å². The lowest BCUT2D eigenvalue weighted by Crippen LogP contribution is -2.16. The molecule has 0 amide bonds. The minimum absolute atomic E-state index is 0.116. The normalized spacial score (nSPS) is 19.4. The number of carbonyl (C=O) groups excluding carboxylic acids is 4. The summed E-state index contributed by atoms with van der Waals surface area (Å²) in [5.74, 6) is -2.62. The summed E-state index contributed by atoms with van der Waals surface area (Å²) in [5.41, 5.74) is 4.00. The first kappa shape index (κ1) is 23.5. The van der Waals surface area contributed by atoms with E-state index < -0.39 is 23.9 Å². The van der Waals surface area contributed by atoms with E-state index in [-0.39, 0.29) is 47.2 Å². The number of aromatic amines is 2. The summed E-state index contributed by atoms with van der Waals surface area (Å²) in [7, 11) is 4.99. The first-order valence-corrected chi connectivity index (χ1v) is 11.2. The van der Waals surface area contributed by atoms with Gasteiger partial charge in [0.25, 0.3) is 0 Å². The van der Waals surface area contributed by atoms with Crippen LogP contribution in [-0.4, -0.2) is 85.8 Å². The third-order valence-corrected chi connectivity index (χ3v) is 6.66. The highest BCUT2D eigenvalue weighted by Gasteiger charge is 2.40. The molecule has 5 rings (SSSR count). The Morgan fingerprint density at radius 2 is 0.889 bits per heavy atom. The second-order valence-electron chi connectivity index (χ2n) is 8.66. The van der Waals surface area contributed by atoms with Crippen LogP contribution in [-0.2, 0) is 44.6 Å². The molecule has 0 saturated heterocycles. The highest BCUT2D eigenvalue weighted by Crippen LogP contribution is 2.33. The third kappa shape index (κ3) is 3.88. The Hall–Kier alpha value is -4.22. The summed E-state index contributed by atoms with van der Waals surface area (Å²) >= 11 is 0. The number of esters is 4. The largest absolute Gasteiger partial charge is 0.465 e. The monoisotopic (exact) mass is 496 g/mol. The molecule has 36 heavy (non-hydrogen) atoms. The number of fused-ring (bicyclic) bond motifs is 6. The van der Waals surface area contributed by atoms with Gasteiger partial charge in [-0.3, -0.25) is 9.98 Å². The molecule has 4 bridgehead atoms. The van der Waals surface area contributed by atoms with Gasteiger partial charge in [0.1, 0.15) is 0 Å². The molecule has 2 N–H and O–H groups in total. The number of nitrogens with zero attached hydrogens (tertiary/aromatic N) is 2. The number of aliphatic imine (C=N–C) groups is 2. The highest BCUT2D eigenvalue weighted by atomic mass is 16.5. The molecule has 0 saturated carbocycles. The van der Waals surface area contributed by atoms with Crippen molar-refractivity contribution >= 4 is 35.3 Å². The minimum Gasteiger partial charge on any atom is -0.465 e. The van der Waals surface area contributed by atoms with Crippen molar-refractivity contribution in [3.63, 3.8) is 0 Å². The number of aromatic nitrogens is 2. The molecular weight excluding hydrogens is 472 g/mol. The molecule has 2 unspecified atom stereocenters. The van der Waals surface area contributed by atoms with E-state index in [0.29, 0.717) is 35.6 Å². The fourth-order valence-corrected chi connectivity index (χ4v) is 4.83. The molecule has 0 radical (unpaired) electrons. The second kappa shape index (κ2) is 8.77. The van der Waals surface area contributed by atoms with E-state index in [1.165, 1.54) is 28.4 Å². The minimum atomic E-state index is -0.659. The number of methoxy groups -OCH3 is 4. The second-order valence-corrected chi connectivity index (χ2v) is 8.66. The van der Waals surface area contributed by atoms with Crippen LogP contribution in [0.3, 0.4) is 0 Å². The Labute approximate surface area is 205 Å². The molecule has 188 valence electrons. The van der Waals surface area contributed by atoms with E-state index in [2.05, 4.69) is 20.0 Å². The van der Waals surface area contributed by atoms with Crippen molar-refractivity contribution < 1.29 is 38.1 Å². The summed E-state index contributed by atoms with van der Waals surface area (Å²) < 4.78 is 19.8. The highest BCUT2D eigenvalue weighted by molar-refractivity contribution is 6.11. The van der Waals surface area contributed by atoms with Crippen LogP contribution >= 0.6 is 0 Å². The molecule has 2 aromatic rings. The number of hydrogen-bond donors (Lipinski definition) is 2. The lowest BCUT2D eigenvalue weighted by molar-refractivity contribution is 0.0555. The maximum absolute atomic E-state index is 12.7. The van der Waals surface area contributed by atoms with E-state index >= 15 is 0 Å². The summed E-state index contributed by atoms with van der Waals surface area (Å²) in [6.45, 7) is 0. The van der Waals surface area contributed by atoms with Crippen LogP contribution in [0.4, 0.5) is 0 Å². The Morgan fingerprint density at radius 1 is 0.583 bits per heavy atom. The van der Waals surface area contributed by atoms with Crippen molar-refractivity contribution in [2.45, 2.75) is 37.8 Å². The predicted molar refractivity (Wildman–Crippen MR) is 124 cm³/mol. The van der Waals surface area contributed by atoms with Gasteiger partial charge < -0.3 is 28.9 Å². The Balaban J connectivity index is 1.58. The van der Waals surface area contributed by atoms with Gasteiger partial charge in [-0.2, -0.15) is 0 Å². The number of rotatable bonds is 4. The molecule has 2 atom stereocenters. The van der Waals surface area contributed by atoms with E-state index in [1.54, 1.807) is 0 Å². The maximum atomic E-state index is 12.7. The SMILES string of the molecule is COC(=O)c1c2[nH]c(c1C(=O)OC)CC1=NC1Cc1[nH]c(c(C(=O)OC)c1C(=O)OC)CC1N=C1C2. The van der Waals surface area contributed by atoms with Crippen LogP contribution in [0.1, 0.15) is 64.2 Å². The van der Waals surface area contributed by atoms with Gasteiger partial charge >= 0.3 is 23.9 Å². The third-order valence-electron chi connectivity index (χ3n) is 6.66. The summed E-state index contributed by atoms with van der Waals surface area (Å²) in [6.07, 6.45) is 1.15. The average Bonchev–Trinajstić information content (AvgIpc) is 3.71. The standard InChI is InChI=1S/C24H24N4O8/c1-33-21(29)17-13-5-9-11(25-9)7-15-19(23(31)35-3)20(24(32)36-4)16(28-15)8-12-10(26-12)6-14(27-13)18(17)22(30)34-2/h9-10,27-28H,5-8H2,1-4H3. The molecule has 0 fully saturated rings. The molecule has 3 aliphatic heterocycles. The lowest BCUT2D eigenvalue weighted by atomic mass is 9.99. The molecule has 12 nitrogen and oxygen atoms in total. The first-order valence-electron chi connectivity index (χ1n) is 11.2. The van der Waals surface area contributed by atoms with Crippen LogP contribution < -0.4 is 0 Å². The van der Waals surface area contributed by atoms with Gasteiger partial charge in [-0.15, -0.1) is 0 Å². The van der Waals surface area contributed by atoms with Gasteiger partial charge in [0.05, 0.1) is 62.8 Å². The number of ether oxygens (including phenoxy) is 4. The van der Waals surface area contributed by atoms with Crippen LogP contribution in [0, 0.1) is 0 Å². The molecule has 3 aliphatic rings. The Kier molecular flexibility index (Phi) is 5.73. The number of nitrogens with one attached hydrogen (secondary N) is 2. The zero-order valence-corrected chi connectivity index (χ0v) is 20.1. The van der Waals surface area contributed by atoms with Crippen molar-refractivity contribution in [2.24, 2.45) is 9.98 Å². The van der Waals surface area contributed by atoms with Crippen molar-refractivity contribution in [3.05, 3.63) is 45.0 Å². The van der Waals surface area contributed by atoms with Crippen molar-refractivity contribution in [2.75, 3.05) is 28.4 Å². The smallest absolute Gasteiger partial charge is 0.340 e. The number of carbonyl (C=O) groups is 4. The summed E-state index contributed by atoms with van der Waals surface area (Å²) in [4.78, 5) is 66.2. The van der Waals surface area contributed by atoms with Gasteiger partial charge in [0.2, 0.25) is 0 Å². The first-order chi connectivity index (χ1) is 17.3. The van der Waals surface area contributed by atoms with Crippen LogP contribution in [0.15, 0.2) is 9.98 Å². The fraction of sp³-hybridized carbons (Fsp3) is 0.417. The Bertz CT molecular complexity index is 1280. The quantitative estimate of drug-likeness (QED) is 0.468. The van der Waals surface area contributed by atoms with E-state index in [0.717, 1.165) is 11.4 Å². The molecule has 0 aromatic carbocycles. The molecule has 5 heterocycles. The van der Waals surface area contributed by atoms with E-state index in [4.69, 9.17) is 18.9 Å². The molecular formula is C24H24N4O8. The van der Waals surface area contributed by atoms with E-state index in [1.807, 2.05) is 0 Å². The summed E-state index contributed by atoms with van der Waals surface area (Å²) in [6, 6.07) is -0.528. The van der Waals surface area contributed by atoms with Crippen LogP contribution in [0.2, 0.25) is 0 Å². The number of hydrogen-bond acceptors (Lipinski definition) is 10. The van der Waals surface area contributed by atoms with Gasteiger partial charge in [-0.1, -0.05) is 0 Å². The maximum Gasteiger partial charge on any atom is 0.340 e. The molecule has 2 aromatic heterocycles. The fourth-order valence-electron chi connectivity index (χ4n) is 4.83. The van der Waals surface area contributed by atoms with Gasteiger partial charge in [0, 0.05) is 59.9 Å². The number of H-pyrrole nitrogens is 2. The van der Waals surface area contributed by atoms with Crippen LogP contribution in [0.25, 0.3) is 0 Å². The summed E-state index contributed by atoms with van der Waals surface area (Å²) in [5, 5.41) is 0. The van der Waals surface area contributed by atoms with Crippen molar-refractivity contribution in [1.29, 1.82) is 0 Å². The van der Waals surface area contributed by atoms with Crippen molar-refractivity contribution in [1.82, 2.24) is 9.97 Å². The molecule has 12 heteroatoms. The molecule has 0 aliphatic carbocycles. The van der Waals surface area contributed by atoms with Crippen LogP contribution in [0.5, 0.6) is 0 Å². The molecule has 0 spiro atoms. The average molecular weight is 496 g/mol. The predicted octanol–water partition coefficient (Wildman–Crippen LogP) is 1.02. The van der Waals surface area contributed by atoms with Gasteiger partial charge in [-0.05, 0) is 0 Å². The van der Waals surface area contributed by atoms with Gasteiger partial charge in [0.15, 0.2) is 0 Å². The van der Waals surface area contributed by atoms with Gasteiger partial charge in [-0.25, -0.2) is 19.2 Å². The Morgan fingerprint density at radius 3 is 1.22 bits per heavy atom.